The Morgan fingerprint density at radius 3 is 2.68 bits per heavy atom. The Bertz CT molecular complexity index is 580. The number of rotatable bonds is 7. The summed E-state index contributed by atoms with van der Waals surface area (Å²) in [5.74, 6) is 0.543. The van der Waals surface area contributed by atoms with Crippen molar-refractivity contribution in [2.45, 2.75) is 19.4 Å². The van der Waals surface area contributed by atoms with Crippen molar-refractivity contribution in [2.75, 3.05) is 51.3 Å². The van der Waals surface area contributed by atoms with Crippen LogP contribution in [0.2, 0.25) is 10.0 Å². The Kier molecular flexibility index (Phi) is 7.56. The monoisotopic (exact) mass is 389 g/mol. The number of pyridine rings is 1. The van der Waals surface area contributed by atoms with Crippen LogP contribution < -0.4 is 16.0 Å². The van der Waals surface area contributed by atoms with Gasteiger partial charge in [0.1, 0.15) is 5.82 Å². The minimum atomic E-state index is -0.196. The normalized spacial score (nSPS) is 15.7. The van der Waals surface area contributed by atoms with Crippen LogP contribution in [0.5, 0.6) is 0 Å². The molecule has 9 heteroatoms. The first-order valence-corrected chi connectivity index (χ1v) is 9.03. The number of amides is 2. The second-order valence-electron chi connectivity index (χ2n) is 6.43. The Hall–Kier alpha value is -1.28. The number of anilines is 1. The van der Waals surface area contributed by atoms with E-state index in [9.17, 15) is 4.79 Å². The van der Waals surface area contributed by atoms with Crippen molar-refractivity contribution in [3.8, 4) is 0 Å². The first-order chi connectivity index (χ1) is 11.9. The molecule has 0 aromatic carbocycles. The number of morpholine rings is 1. The van der Waals surface area contributed by atoms with Gasteiger partial charge < -0.3 is 20.7 Å². The minimum Gasteiger partial charge on any atom is -0.379 e. The maximum atomic E-state index is 11.9. The summed E-state index contributed by atoms with van der Waals surface area (Å²) < 4.78 is 5.37. The van der Waals surface area contributed by atoms with Crippen molar-refractivity contribution >= 4 is 35.1 Å². The highest BCUT2D eigenvalue weighted by Crippen LogP contribution is 2.22. The van der Waals surface area contributed by atoms with Crippen LogP contribution in [0.15, 0.2) is 12.3 Å². The lowest BCUT2D eigenvalue weighted by atomic mass is 10.0. The van der Waals surface area contributed by atoms with Crippen molar-refractivity contribution in [1.82, 2.24) is 20.5 Å². The second kappa shape index (κ2) is 9.43. The van der Waals surface area contributed by atoms with Crippen LogP contribution >= 0.6 is 23.2 Å². The topological polar surface area (TPSA) is 78.5 Å². The van der Waals surface area contributed by atoms with Crippen molar-refractivity contribution in [3.05, 3.63) is 22.3 Å². The zero-order chi connectivity index (χ0) is 18.3. The summed E-state index contributed by atoms with van der Waals surface area (Å²) in [7, 11) is 0. The smallest absolute Gasteiger partial charge is 0.314 e. The fraction of sp³-hybridized carbons (Fsp3) is 0.625. The zero-order valence-corrected chi connectivity index (χ0v) is 16.1. The SMILES string of the molecule is CC(C)(CNC(=O)NCCNc1ncc(Cl)cc1Cl)N1CCOCC1. The molecule has 140 valence electrons. The highest BCUT2D eigenvalue weighted by molar-refractivity contribution is 6.35. The summed E-state index contributed by atoms with van der Waals surface area (Å²) in [6.45, 7) is 9.01. The molecule has 0 unspecified atom stereocenters. The fourth-order valence-electron chi connectivity index (χ4n) is 2.54. The van der Waals surface area contributed by atoms with E-state index in [2.05, 4.69) is 39.7 Å². The van der Waals surface area contributed by atoms with Crippen molar-refractivity contribution in [1.29, 1.82) is 0 Å². The van der Waals surface area contributed by atoms with E-state index >= 15 is 0 Å². The van der Waals surface area contributed by atoms with Gasteiger partial charge in [0.2, 0.25) is 0 Å². The van der Waals surface area contributed by atoms with Crippen LogP contribution in [0.4, 0.5) is 10.6 Å². The van der Waals surface area contributed by atoms with Crippen LogP contribution in [-0.2, 0) is 4.74 Å². The molecule has 0 bridgehead atoms. The number of aromatic nitrogens is 1. The summed E-state index contributed by atoms with van der Waals surface area (Å²) in [6, 6.07) is 1.42. The van der Waals surface area contributed by atoms with Gasteiger partial charge in [0.05, 0.1) is 23.3 Å². The van der Waals surface area contributed by atoms with Gasteiger partial charge in [-0.05, 0) is 19.9 Å². The van der Waals surface area contributed by atoms with E-state index in [-0.39, 0.29) is 11.6 Å². The van der Waals surface area contributed by atoms with E-state index in [0.717, 1.165) is 26.3 Å². The molecular weight excluding hydrogens is 365 g/mol. The standard InChI is InChI=1S/C16H25Cl2N5O2/c1-16(2,23-5-7-25-8-6-23)11-22-15(24)20-4-3-19-14-13(18)9-12(17)10-21-14/h9-10H,3-8,11H2,1-2H3,(H,19,21)(H2,20,22,24). The fourth-order valence-corrected chi connectivity index (χ4v) is 2.99. The Morgan fingerprint density at radius 1 is 1.28 bits per heavy atom. The van der Waals surface area contributed by atoms with Gasteiger partial charge in [-0.1, -0.05) is 23.2 Å². The Balaban J connectivity index is 1.65. The first-order valence-electron chi connectivity index (χ1n) is 8.28. The molecule has 0 spiro atoms. The maximum Gasteiger partial charge on any atom is 0.314 e. The molecule has 1 aliphatic rings. The summed E-state index contributed by atoms with van der Waals surface area (Å²) in [6.07, 6.45) is 1.52. The lowest BCUT2D eigenvalue weighted by Crippen LogP contribution is -2.56. The number of hydrogen-bond donors (Lipinski definition) is 3. The van der Waals surface area contributed by atoms with Crippen LogP contribution in [0.1, 0.15) is 13.8 Å². The highest BCUT2D eigenvalue weighted by Gasteiger charge is 2.28. The number of urea groups is 1. The van der Waals surface area contributed by atoms with Crippen LogP contribution in [0.3, 0.4) is 0 Å². The zero-order valence-electron chi connectivity index (χ0n) is 14.6. The van der Waals surface area contributed by atoms with Crippen LogP contribution in [0.25, 0.3) is 0 Å². The largest absolute Gasteiger partial charge is 0.379 e. The third kappa shape index (κ3) is 6.51. The van der Waals surface area contributed by atoms with Gasteiger partial charge in [0.15, 0.2) is 0 Å². The number of nitrogens with one attached hydrogen (secondary N) is 3. The number of carbonyl (C=O) groups excluding carboxylic acids is 1. The van der Waals surface area contributed by atoms with Crippen LogP contribution in [-0.4, -0.2) is 67.4 Å². The molecule has 2 heterocycles. The predicted molar refractivity (Wildman–Crippen MR) is 101 cm³/mol. The molecule has 0 atom stereocenters. The number of hydrogen-bond acceptors (Lipinski definition) is 5. The number of ether oxygens (including phenoxy) is 1. The maximum absolute atomic E-state index is 11.9. The molecule has 0 aliphatic carbocycles. The number of carbonyl (C=O) groups is 1. The minimum absolute atomic E-state index is 0.111. The summed E-state index contributed by atoms with van der Waals surface area (Å²) in [5, 5.41) is 9.71. The Labute approximate surface area is 158 Å². The molecular formula is C16H25Cl2N5O2. The third-order valence-electron chi connectivity index (χ3n) is 4.06. The molecule has 2 rings (SSSR count). The summed E-state index contributed by atoms with van der Waals surface area (Å²) >= 11 is 11.8. The van der Waals surface area contributed by atoms with E-state index in [0.29, 0.717) is 35.5 Å². The van der Waals surface area contributed by atoms with E-state index in [1.807, 2.05) is 0 Å². The first kappa shape index (κ1) is 20.0. The van der Waals surface area contributed by atoms with Crippen LogP contribution in [0, 0.1) is 0 Å². The van der Waals surface area contributed by atoms with E-state index in [1.54, 1.807) is 6.07 Å². The summed E-state index contributed by atoms with van der Waals surface area (Å²) in [4.78, 5) is 18.4. The molecule has 0 radical (unpaired) electrons. The number of nitrogens with zero attached hydrogens (tertiary/aromatic N) is 2. The van der Waals surface area contributed by atoms with E-state index in [1.165, 1.54) is 6.20 Å². The van der Waals surface area contributed by atoms with Gasteiger partial charge in [-0.15, -0.1) is 0 Å². The highest BCUT2D eigenvalue weighted by atomic mass is 35.5. The van der Waals surface area contributed by atoms with Gasteiger partial charge in [-0.25, -0.2) is 9.78 Å². The molecule has 7 nitrogen and oxygen atoms in total. The summed E-state index contributed by atoms with van der Waals surface area (Å²) in [5.41, 5.74) is -0.111. The number of halogens is 2. The van der Waals surface area contributed by atoms with Crippen molar-refractivity contribution in [2.24, 2.45) is 0 Å². The Morgan fingerprint density at radius 2 is 2.00 bits per heavy atom. The molecule has 25 heavy (non-hydrogen) atoms. The predicted octanol–water partition coefficient (Wildman–Crippen LogP) is 2.21. The van der Waals surface area contributed by atoms with Crippen molar-refractivity contribution < 1.29 is 9.53 Å². The lowest BCUT2D eigenvalue weighted by Gasteiger charge is -2.40. The van der Waals surface area contributed by atoms with Gasteiger partial charge in [-0.3, -0.25) is 4.90 Å². The van der Waals surface area contributed by atoms with E-state index < -0.39 is 0 Å². The molecule has 1 aromatic heterocycles. The molecule has 0 saturated carbocycles. The molecule has 1 aliphatic heterocycles. The van der Waals surface area contributed by atoms with Gasteiger partial charge in [-0.2, -0.15) is 0 Å². The van der Waals surface area contributed by atoms with Gasteiger partial charge in [0, 0.05) is 44.5 Å². The average molecular weight is 390 g/mol. The molecule has 1 saturated heterocycles. The van der Waals surface area contributed by atoms with Gasteiger partial charge >= 0.3 is 6.03 Å². The quantitative estimate of drug-likeness (QED) is 0.623. The lowest BCUT2D eigenvalue weighted by molar-refractivity contribution is -0.00874. The molecule has 1 aromatic rings. The molecule has 2 amide bonds. The second-order valence-corrected chi connectivity index (χ2v) is 7.28. The van der Waals surface area contributed by atoms with Gasteiger partial charge in [0.25, 0.3) is 0 Å². The molecule has 1 fully saturated rings. The molecule has 3 N–H and O–H groups in total. The average Bonchev–Trinajstić information content (AvgIpc) is 2.59. The van der Waals surface area contributed by atoms with Crippen molar-refractivity contribution in [3.63, 3.8) is 0 Å². The van der Waals surface area contributed by atoms with E-state index in [4.69, 9.17) is 27.9 Å². The third-order valence-corrected chi connectivity index (χ3v) is 4.55.